The number of halogens is 1. The Bertz CT molecular complexity index is 489. The largest absolute Gasteiger partial charge is 0.348 e. The average molecular weight is 285 g/mol. The number of nitro groups is 1. The third-order valence-corrected chi connectivity index (χ3v) is 3.21. The predicted molar refractivity (Wildman–Crippen MR) is 74.6 cm³/mol. The lowest BCUT2D eigenvalue weighted by Crippen LogP contribution is -2.40. The lowest BCUT2D eigenvalue weighted by molar-refractivity contribution is -0.385. The van der Waals surface area contributed by atoms with Gasteiger partial charge in [-0.3, -0.25) is 14.9 Å². The molecule has 0 saturated heterocycles. The fourth-order valence-corrected chi connectivity index (χ4v) is 2.05. The highest BCUT2D eigenvalue weighted by Crippen LogP contribution is 2.20. The molecule has 0 spiro atoms. The van der Waals surface area contributed by atoms with Gasteiger partial charge in [-0.15, -0.1) is 11.6 Å². The molecule has 1 aromatic rings. The van der Waals surface area contributed by atoms with Crippen LogP contribution in [0.2, 0.25) is 0 Å². The Hall–Kier alpha value is -1.62. The number of alkyl halides is 1. The second-order valence-electron chi connectivity index (χ2n) is 4.76. The van der Waals surface area contributed by atoms with E-state index in [4.69, 9.17) is 11.6 Å². The van der Waals surface area contributed by atoms with Crippen LogP contribution in [0.15, 0.2) is 18.2 Å². The van der Waals surface area contributed by atoms with Crippen molar-refractivity contribution in [2.24, 2.45) is 5.92 Å². The lowest BCUT2D eigenvalue weighted by Gasteiger charge is -2.19. The Labute approximate surface area is 117 Å². The standard InChI is InChI=1S/C13H17ClN2O3/c1-8(2)11(7-14)15-13(17)10-6-9(3)4-5-12(10)16(18)19/h4-6,8,11H,7H2,1-3H3,(H,15,17). The minimum Gasteiger partial charge on any atom is -0.348 e. The summed E-state index contributed by atoms with van der Waals surface area (Å²) in [4.78, 5) is 22.5. The Morgan fingerprint density at radius 3 is 2.58 bits per heavy atom. The third-order valence-electron chi connectivity index (χ3n) is 2.88. The van der Waals surface area contributed by atoms with E-state index in [1.807, 2.05) is 13.8 Å². The number of hydrogen-bond donors (Lipinski definition) is 1. The van der Waals surface area contributed by atoms with E-state index in [-0.39, 0.29) is 29.1 Å². The first-order valence-corrected chi connectivity index (χ1v) is 6.52. The molecule has 19 heavy (non-hydrogen) atoms. The second kappa shape index (κ2) is 6.52. The summed E-state index contributed by atoms with van der Waals surface area (Å²) in [6.07, 6.45) is 0. The topological polar surface area (TPSA) is 72.2 Å². The van der Waals surface area contributed by atoms with Gasteiger partial charge >= 0.3 is 0 Å². The monoisotopic (exact) mass is 284 g/mol. The van der Waals surface area contributed by atoms with Crippen molar-refractivity contribution in [2.75, 3.05) is 5.88 Å². The van der Waals surface area contributed by atoms with Crippen LogP contribution in [0.1, 0.15) is 29.8 Å². The second-order valence-corrected chi connectivity index (χ2v) is 5.06. The summed E-state index contributed by atoms with van der Waals surface area (Å²) < 4.78 is 0. The molecule has 0 fully saturated rings. The summed E-state index contributed by atoms with van der Waals surface area (Å²) in [7, 11) is 0. The summed E-state index contributed by atoms with van der Waals surface area (Å²) in [6.45, 7) is 5.64. The van der Waals surface area contributed by atoms with Gasteiger partial charge in [0.15, 0.2) is 0 Å². The molecule has 0 bridgehead atoms. The van der Waals surface area contributed by atoms with Crippen LogP contribution in [-0.2, 0) is 0 Å². The van der Waals surface area contributed by atoms with Crippen molar-refractivity contribution >= 4 is 23.2 Å². The van der Waals surface area contributed by atoms with E-state index in [9.17, 15) is 14.9 Å². The Balaban J connectivity index is 3.05. The summed E-state index contributed by atoms with van der Waals surface area (Å²) in [5.41, 5.74) is 0.670. The zero-order chi connectivity index (χ0) is 14.6. The number of aryl methyl sites for hydroxylation is 1. The highest BCUT2D eigenvalue weighted by atomic mass is 35.5. The van der Waals surface area contributed by atoms with Gasteiger partial charge < -0.3 is 5.32 Å². The molecule has 0 aliphatic rings. The number of hydrogen-bond acceptors (Lipinski definition) is 3. The normalized spacial score (nSPS) is 12.3. The molecule has 1 unspecified atom stereocenters. The highest BCUT2D eigenvalue weighted by molar-refractivity contribution is 6.18. The molecule has 1 atom stereocenters. The van der Waals surface area contributed by atoms with Crippen molar-refractivity contribution in [3.63, 3.8) is 0 Å². The van der Waals surface area contributed by atoms with E-state index in [2.05, 4.69) is 5.32 Å². The van der Waals surface area contributed by atoms with Crippen LogP contribution < -0.4 is 5.32 Å². The lowest BCUT2D eigenvalue weighted by atomic mass is 10.0. The Kier molecular flexibility index (Phi) is 5.30. The van der Waals surface area contributed by atoms with E-state index >= 15 is 0 Å². The van der Waals surface area contributed by atoms with Crippen molar-refractivity contribution in [1.82, 2.24) is 5.32 Å². The number of nitro benzene ring substituents is 1. The first kappa shape index (κ1) is 15.4. The molecule has 1 N–H and O–H groups in total. The van der Waals surface area contributed by atoms with E-state index in [0.717, 1.165) is 5.56 Å². The van der Waals surface area contributed by atoms with Gasteiger partial charge in [0.2, 0.25) is 0 Å². The minimum absolute atomic E-state index is 0.0702. The molecular weight excluding hydrogens is 268 g/mol. The molecule has 0 aromatic heterocycles. The van der Waals surface area contributed by atoms with Crippen LogP contribution >= 0.6 is 11.6 Å². The predicted octanol–water partition coefficient (Wildman–Crippen LogP) is 2.90. The summed E-state index contributed by atoms with van der Waals surface area (Å²) in [6, 6.07) is 4.25. The first-order chi connectivity index (χ1) is 8.86. The summed E-state index contributed by atoms with van der Waals surface area (Å²) in [5, 5.41) is 13.7. The quantitative estimate of drug-likeness (QED) is 0.513. The van der Waals surface area contributed by atoms with Gasteiger partial charge in [0.05, 0.1) is 4.92 Å². The number of carbonyl (C=O) groups excluding carboxylic acids is 1. The van der Waals surface area contributed by atoms with Gasteiger partial charge in [-0.25, -0.2) is 0 Å². The Morgan fingerprint density at radius 2 is 2.11 bits per heavy atom. The Morgan fingerprint density at radius 1 is 1.47 bits per heavy atom. The molecule has 1 rings (SSSR count). The van der Waals surface area contributed by atoms with Crippen molar-refractivity contribution in [3.05, 3.63) is 39.4 Å². The number of nitrogens with one attached hydrogen (secondary N) is 1. The zero-order valence-corrected chi connectivity index (χ0v) is 11.9. The number of amides is 1. The minimum atomic E-state index is -0.556. The van der Waals surface area contributed by atoms with Crippen molar-refractivity contribution in [1.29, 1.82) is 0 Å². The molecule has 0 aliphatic heterocycles. The van der Waals surface area contributed by atoms with Gasteiger partial charge in [-0.1, -0.05) is 19.9 Å². The molecule has 1 aromatic carbocycles. The molecule has 0 saturated carbocycles. The van der Waals surface area contributed by atoms with Crippen molar-refractivity contribution in [3.8, 4) is 0 Å². The third kappa shape index (κ3) is 3.92. The smallest absolute Gasteiger partial charge is 0.282 e. The summed E-state index contributed by atoms with van der Waals surface area (Å²) in [5.74, 6) is -0.0386. The van der Waals surface area contributed by atoms with Gasteiger partial charge in [-0.05, 0) is 24.5 Å². The number of rotatable bonds is 5. The van der Waals surface area contributed by atoms with Crippen LogP contribution in [0.3, 0.4) is 0 Å². The maximum Gasteiger partial charge on any atom is 0.282 e. The number of benzene rings is 1. The number of carbonyl (C=O) groups is 1. The molecule has 6 heteroatoms. The molecule has 0 radical (unpaired) electrons. The molecular formula is C13H17ClN2O3. The van der Waals surface area contributed by atoms with Gasteiger partial charge in [0, 0.05) is 18.0 Å². The average Bonchev–Trinajstić information content (AvgIpc) is 2.34. The molecule has 5 nitrogen and oxygen atoms in total. The van der Waals surface area contributed by atoms with E-state index < -0.39 is 10.8 Å². The van der Waals surface area contributed by atoms with E-state index in [0.29, 0.717) is 0 Å². The highest BCUT2D eigenvalue weighted by Gasteiger charge is 2.23. The van der Waals surface area contributed by atoms with Gasteiger partial charge in [-0.2, -0.15) is 0 Å². The fraction of sp³-hybridized carbons (Fsp3) is 0.462. The van der Waals surface area contributed by atoms with Gasteiger partial charge in [0.25, 0.3) is 11.6 Å². The zero-order valence-electron chi connectivity index (χ0n) is 11.1. The van der Waals surface area contributed by atoms with Crippen LogP contribution in [0.25, 0.3) is 0 Å². The molecule has 104 valence electrons. The van der Waals surface area contributed by atoms with E-state index in [1.165, 1.54) is 12.1 Å². The van der Waals surface area contributed by atoms with Crippen LogP contribution in [0, 0.1) is 23.0 Å². The molecule has 0 aliphatic carbocycles. The molecule has 0 heterocycles. The fourth-order valence-electron chi connectivity index (χ4n) is 1.62. The molecule has 1 amide bonds. The first-order valence-electron chi connectivity index (χ1n) is 5.98. The van der Waals surface area contributed by atoms with Crippen molar-refractivity contribution < 1.29 is 9.72 Å². The maximum atomic E-state index is 12.1. The van der Waals surface area contributed by atoms with Crippen LogP contribution in [-0.4, -0.2) is 22.8 Å². The van der Waals surface area contributed by atoms with Crippen molar-refractivity contribution in [2.45, 2.75) is 26.8 Å². The maximum absolute atomic E-state index is 12.1. The van der Waals surface area contributed by atoms with Crippen LogP contribution in [0.4, 0.5) is 5.69 Å². The van der Waals surface area contributed by atoms with Crippen LogP contribution in [0.5, 0.6) is 0 Å². The van der Waals surface area contributed by atoms with Gasteiger partial charge in [0.1, 0.15) is 5.56 Å². The van der Waals surface area contributed by atoms with E-state index in [1.54, 1.807) is 13.0 Å². The SMILES string of the molecule is Cc1ccc([N+](=O)[O-])c(C(=O)NC(CCl)C(C)C)c1. The number of nitrogens with zero attached hydrogens (tertiary/aromatic N) is 1. The summed E-state index contributed by atoms with van der Waals surface area (Å²) >= 11 is 5.78.